The predicted molar refractivity (Wildman–Crippen MR) is 127 cm³/mol. The van der Waals surface area contributed by atoms with Gasteiger partial charge in [-0.25, -0.2) is 0 Å². The molecule has 3 rings (SSSR count). The molecular weight excluding hydrogens is 420 g/mol. The lowest BCUT2D eigenvalue weighted by Crippen LogP contribution is -2.30. The van der Waals surface area contributed by atoms with E-state index in [0.29, 0.717) is 28.5 Å². The van der Waals surface area contributed by atoms with E-state index in [-0.39, 0.29) is 5.70 Å². The highest BCUT2D eigenvalue weighted by atomic mass is 16.5. The average molecular weight is 449 g/mol. The summed E-state index contributed by atoms with van der Waals surface area (Å²) in [5, 5.41) is 5.50. The Morgan fingerprint density at radius 3 is 2.39 bits per heavy atom. The van der Waals surface area contributed by atoms with Crippen molar-refractivity contribution in [1.29, 1.82) is 0 Å². The smallest absolute Gasteiger partial charge is 0.272 e. The van der Waals surface area contributed by atoms with Gasteiger partial charge in [-0.3, -0.25) is 9.59 Å². The van der Waals surface area contributed by atoms with Crippen LogP contribution in [0.1, 0.15) is 41.4 Å². The van der Waals surface area contributed by atoms with Crippen LogP contribution in [-0.4, -0.2) is 26.0 Å². The van der Waals surface area contributed by atoms with E-state index in [0.717, 1.165) is 19.3 Å². The van der Waals surface area contributed by atoms with Gasteiger partial charge >= 0.3 is 0 Å². The van der Waals surface area contributed by atoms with Crippen LogP contribution in [0, 0.1) is 0 Å². The molecule has 0 bridgehead atoms. The monoisotopic (exact) mass is 448 g/mol. The maximum Gasteiger partial charge on any atom is 0.272 e. The van der Waals surface area contributed by atoms with E-state index >= 15 is 0 Å². The van der Waals surface area contributed by atoms with Crippen molar-refractivity contribution in [2.24, 2.45) is 0 Å². The number of benzene rings is 2. The standard InChI is InChI=1S/C26H28N2O5/c1-4-5-7-18-9-12-20(13-10-18)27-26(30)22(17-21-8-6-15-33-21)28-25(29)19-11-14-23(31-2)24(16-19)32-3/h6,8-17H,4-5,7H2,1-3H3,(H,27,30)(H,28,29)/b22-17-. The van der Waals surface area contributed by atoms with Crippen molar-refractivity contribution in [1.82, 2.24) is 5.32 Å². The van der Waals surface area contributed by atoms with E-state index in [1.807, 2.05) is 24.3 Å². The molecule has 0 aliphatic carbocycles. The lowest BCUT2D eigenvalue weighted by molar-refractivity contribution is -0.113. The van der Waals surface area contributed by atoms with E-state index in [4.69, 9.17) is 13.9 Å². The number of hydrogen-bond donors (Lipinski definition) is 2. The molecule has 7 heteroatoms. The van der Waals surface area contributed by atoms with Gasteiger partial charge in [0.1, 0.15) is 11.5 Å². The molecule has 0 spiro atoms. The van der Waals surface area contributed by atoms with Gasteiger partial charge in [0.2, 0.25) is 0 Å². The fraction of sp³-hybridized carbons (Fsp3) is 0.231. The van der Waals surface area contributed by atoms with Crippen molar-refractivity contribution in [2.75, 3.05) is 19.5 Å². The highest BCUT2D eigenvalue weighted by Crippen LogP contribution is 2.27. The first kappa shape index (κ1) is 23.7. The number of unbranched alkanes of at least 4 members (excludes halogenated alkanes) is 1. The van der Waals surface area contributed by atoms with Crippen LogP contribution in [0.3, 0.4) is 0 Å². The molecule has 0 atom stereocenters. The Morgan fingerprint density at radius 1 is 1.00 bits per heavy atom. The Labute approximate surface area is 193 Å². The topological polar surface area (TPSA) is 89.8 Å². The number of furan rings is 1. The molecule has 2 aromatic carbocycles. The van der Waals surface area contributed by atoms with Gasteiger partial charge in [0, 0.05) is 17.3 Å². The van der Waals surface area contributed by atoms with Crippen LogP contribution in [0.25, 0.3) is 6.08 Å². The summed E-state index contributed by atoms with van der Waals surface area (Å²) < 4.78 is 15.8. The van der Waals surface area contributed by atoms with Gasteiger partial charge in [-0.15, -0.1) is 0 Å². The molecule has 1 aromatic heterocycles. The van der Waals surface area contributed by atoms with E-state index < -0.39 is 11.8 Å². The summed E-state index contributed by atoms with van der Waals surface area (Å²) >= 11 is 0. The number of nitrogens with one attached hydrogen (secondary N) is 2. The molecular formula is C26H28N2O5. The van der Waals surface area contributed by atoms with Gasteiger partial charge in [0.05, 0.1) is 20.5 Å². The zero-order valence-electron chi connectivity index (χ0n) is 19.0. The number of anilines is 1. The van der Waals surface area contributed by atoms with Gasteiger partial charge in [-0.05, 0) is 60.9 Å². The molecule has 1 heterocycles. The Morgan fingerprint density at radius 2 is 1.76 bits per heavy atom. The van der Waals surface area contributed by atoms with Crippen LogP contribution in [0.4, 0.5) is 5.69 Å². The second-order valence-electron chi connectivity index (χ2n) is 7.35. The molecule has 0 aliphatic heterocycles. The maximum absolute atomic E-state index is 13.0. The Balaban J connectivity index is 1.79. The summed E-state index contributed by atoms with van der Waals surface area (Å²) in [4.78, 5) is 25.9. The van der Waals surface area contributed by atoms with E-state index in [1.54, 1.807) is 30.3 Å². The number of carbonyl (C=O) groups excluding carboxylic acids is 2. The number of hydrogen-bond acceptors (Lipinski definition) is 5. The molecule has 0 saturated heterocycles. The third-order valence-corrected chi connectivity index (χ3v) is 5.00. The molecule has 0 fully saturated rings. The van der Waals surface area contributed by atoms with E-state index in [1.165, 1.54) is 32.1 Å². The van der Waals surface area contributed by atoms with Crippen LogP contribution in [-0.2, 0) is 11.2 Å². The summed E-state index contributed by atoms with van der Waals surface area (Å²) in [6.45, 7) is 2.15. The number of rotatable bonds is 10. The summed E-state index contributed by atoms with van der Waals surface area (Å²) in [6, 6.07) is 15.8. The molecule has 0 radical (unpaired) electrons. The molecule has 2 amide bonds. The fourth-order valence-electron chi connectivity index (χ4n) is 3.18. The number of amides is 2. The van der Waals surface area contributed by atoms with Crippen molar-refractivity contribution >= 4 is 23.6 Å². The number of methoxy groups -OCH3 is 2. The van der Waals surface area contributed by atoms with Crippen molar-refractivity contribution < 1.29 is 23.5 Å². The molecule has 7 nitrogen and oxygen atoms in total. The van der Waals surface area contributed by atoms with Crippen molar-refractivity contribution in [3.05, 3.63) is 83.4 Å². The minimum Gasteiger partial charge on any atom is -0.493 e. The molecule has 0 unspecified atom stereocenters. The van der Waals surface area contributed by atoms with Gasteiger partial charge in [0.25, 0.3) is 11.8 Å². The summed E-state index contributed by atoms with van der Waals surface area (Å²) in [5.41, 5.74) is 2.19. The third-order valence-electron chi connectivity index (χ3n) is 5.00. The number of carbonyl (C=O) groups is 2. The molecule has 2 N–H and O–H groups in total. The van der Waals surface area contributed by atoms with Crippen molar-refractivity contribution in [2.45, 2.75) is 26.2 Å². The number of aryl methyl sites for hydroxylation is 1. The lowest BCUT2D eigenvalue weighted by atomic mass is 10.1. The van der Waals surface area contributed by atoms with E-state index in [2.05, 4.69) is 17.6 Å². The van der Waals surface area contributed by atoms with Gasteiger partial charge in [0.15, 0.2) is 11.5 Å². The minimum absolute atomic E-state index is 0.0415. The zero-order valence-corrected chi connectivity index (χ0v) is 19.0. The highest BCUT2D eigenvalue weighted by molar-refractivity contribution is 6.10. The zero-order chi connectivity index (χ0) is 23.6. The van der Waals surface area contributed by atoms with Gasteiger partial charge < -0.3 is 24.5 Å². The maximum atomic E-state index is 13.0. The van der Waals surface area contributed by atoms with Gasteiger partial charge in [-0.1, -0.05) is 25.5 Å². The SMILES string of the molecule is CCCCc1ccc(NC(=O)/C(=C/c2ccco2)NC(=O)c2ccc(OC)c(OC)c2)cc1. The molecule has 0 saturated carbocycles. The van der Waals surface area contributed by atoms with Crippen LogP contribution in [0.15, 0.2) is 71.0 Å². The second-order valence-corrected chi connectivity index (χ2v) is 7.35. The highest BCUT2D eigenvalue weighted by Gasteiger charge is 2.17. The Hall–Kier alpha value is -4.00. The van der Waals surface area contributed by atoms with Crippen LogP contribution in [0.2, 0.25) is 0 Å². The quantitative estimate of drug-likeness (QED) is 0.424. The first-order valence-electron chi connectivity index (χ1n) is 10.7. The van der Waals surface area contributed by atoms with Crippen molar-refractivity contribution in [3.63, 3.8) is 0 Å². The van der Waals surface area contributed by atoms with Crippen LogP contribution < -0.4 is 20.1 Å². The molecule has 172 valence electrons. The van der Waals surface area contributed by atoms with Gasteiger partial charge in [-0.2, -0.15) is 0 Å². The Bertz CT molecular complexity index is 1100. The minimum atomic E-state index is -0.473. The fourth-order valence-corrected chi connectivity index (χ4v) is 3.18. The number of ether oxygens (including phenoxy) is 2. The van der Waals surface area contributed by atoms with Crippen LogP contribution in [0.5, 0.6) is 11.5 Å². The second kappa shape index (κ2) is 11.6. The Kier molecular flexibility index (Phi) is 8.30. The predicted octanol–water partition coefficient (Wildman–Crippen LogP) is 5.05. The first-order chi connectivity index (χ1) is 16.0. The normalized spacial score (nSPS) is 11.1. The summed E-state index contributed by atoms with van der Waals surface area (Å²) in [5.74, 6) is 0.401. The molecule has 0 aliphatic rings. The molecule has 3 aromatic rings. The third kappa shape index (κ3) is 6.49. The molecule has 33 heavy (non-hydrogen) atoms. The first-order valence-corrected chi connectivity index (χ1v) is 10.7. The van der Waals surface area contributed by atoms with E-state index in [9.17, 15) is 9.59 Å². The lowest BCUT2D eigenvalue weighted by Gasteiger charge is -2.13. The summed E-state index contributed by atoms with van der Waals surface area (Å²) in [6.07, 6.45) is 6.20. The van der Waals surface area contributed by atoms with Crippen molar-refractivity contribution in [3.8, 4) is 11.5 Å². The average Bonchev–Trinajstić information content (AvgIpc) is 3.35. The largest absolute Gasteiger partial charge is 0.493 e. The summed E-state index contributed by atoms with van der Waals surface area (Å²) in [7, 11) is 3.01. The van der Waals surface area contributed by atoms with Crippen LogP contribution >= 0.6 is 0 Å².